The van der Waals surface area contributed by atoms with Crippen molar-refractivity contribution < 1.29 is 28.6 Å². The second-order valence-corrected chi connectivity index (χ2v) is 17.1. The van der Waals surface area contributed by atoms with Gasteiger partial charge >= 0.3 is 17.9 Å². The molecule has 0 aromatic heterocycles. The number of ether oxygens (including phenoxy) is 3. The number of carbonyl (C=O) groups excluding carboxylic acids is 3. The molecule has 6 heteroatoms. The second-order valence-electron chi connectivity index (χ2n) is 17.1. The molecule has 0 saturated carbocycles. The summed E-state index contributed by atoms with van der Waals surface area (Å²) in [5, 5.41) is 0. The van der Waals surface area contributed by atoms with Crippen molar-refractivity contribution in [2.24, 2.45) is 0 Å². The van der Waals surface area contributed by atoms with Crippen LogP contribution in [-0.2, 0) is 28.6 Å². The smallest absolute Gasteiger partial charge is 0.306 e. The molecule has 0 spiro atoms. The van der Waals surface area contributed by atoms with E-state index in [0.717, 1.165) is 64.2 Å². The highest BCUT2D eigenvalue weighted by molar-refractivity contribution is 5.71. The van der Waals surface area contributed by atoms with Crippen molar-refractivity contribution >= 4 is 17.9 Å². The molecule has 332 valence electrons. The lowest BCUT2D eigenvalue weighted by atomic mass is 10.0. The maximum atomic E-state index is 12.7. The van der Waals surface area contributed by atoms with Crippen molar-refractivity contribution in [1.82, 2.24) is 0 Å². The Kier molecular flexibility index (Phi) is 44.8. The maximum absolute atomic E-state index is 12.7. The van der Waals surface area contributed by atoms with Gasteiger partial charge in [0.2, 0.25) is 0 Å². The molecule has 0 saturated heterocycles. The predicted molar refractivity (Wildman–Crippen MR) is 238 cm³/mol. The van der Waals surface area contributed by atoms with Crippen molar-refractivity contribution in [3.05, 3.63) is 0 Å². The Bertz CT molecular complexity index is 828. The number of esters is 3. The van der Waals surface area contributed by atoms with Crippen LogP contribution < -0.4 is 0 Å². The van der Waals surface area contributed by atoms with Crippen LogP contribution in [0, 0.1) is 0 Å². The van der Waals surface area contributed by atoms with E-state index in [1.54, 1.807) is 0 Å². The molecule has 56 heavy (non-hydrogen) atoms. The molecule has 0 N–H and O–H groups in total. The second kappa shape index (κ2) is 46.1. The number of hydrogen-bond donors (Lipinski definition) is 0. The predicted octanol–water partition coefficient (Wildman–Crippen LogP) is 16.0. The van der Waals surface area contributed by atoms with E-state index >= 15 is 0 Å². The van der Waals surface area contributed by atoms with Crippen LogP contribution >= 0.6 is 0 Å². The zero-order valence-electron chi connectivity index (χ0n) is 37.9. The summed E-state index contributed by atoms with van der Waals surface area (Å²) in [6.07, 6.45) is 48.3. The molecule has 0 fully saturated rings. The third-order valence-corrected chi connectivity index (χ3v) is 11.4. The first-order chi connectivity index (χ1) is 27.5. The largest absolute Gasteiger partial charge is 0.462 e. The quantitative estimate of drug-likeness (QED) is 0.0347. The summed E-state index contributed by atoms with van der Waals surface area (Å²) in [4.78, 5) is 37.6. The van der Waals surface area contributed by atoms with Gasteiger partial charge in [0.25, 0.3) is 0 Å². The van der Waals surface area contributed by atoms with E-state index in [4.69, 9.17) is 14.2 Å². The van der Waals surface area contributed by atoms with Gasteiger partial charge in [-0.15, -0.1) is 0 Å². The molecule has 0 unspecified atom stereocenters. The Hall–Kier alpha value is -1.59. The van der Waals surface area contributed by atoms with Crippen LogP contribution in [-0.4, -0.2) is 37.2 Å². The van der Waals surface area contributed by atoms with Gasteiger partial charge in [0, 0.05) is 19.3 Å². The minimum Gasteiger partial charge on any atom is -0.462 e. The minimum atomic E-state index is -0.757. The standard InChI is InChI=1S/C50H96O6/c1-4-7-10-13-15-17-19-21-23-24-25-27-28-30-32-34-37-40-43-49(52)55-46-47(45-54-48(51)42-39-36-12-9-6-3)56-50(53)44-41-38-35-33-31-29-26-22-20-18-16-14-11-8-5-2/h47H,4-46H2,1-3H3/t47-/m1/s1. The monoisotopic (exact) mass is 793 g/mol. The lowest BCUT2D eigenvalue weighted by Gasteiger charge is -2.18. The van der Waals surface area contributed by atoms with Crippen molar-refractivity contribution in [3.8, 4) is 0 Å². The molecule has 0 amide bonds. The molecule has 0 aromatic carbocycles. The molecule has 0 radical (unpaired) electrons. The van der Waals surface area contributed by atoms with E-state index < -0.39 is 6.10 Å². The van der Waals surface area contributed by atoms with Crippen molar-refractivity contribution in [2.45, 2.75) is 290 Å². The Morgan fingerprint density at radius 2 is 0.482 bits per heavy atom. The van der Waals surface area contributed by atoms with Crippen molar-refractivity contribution in [2.75, 3.05) is 13.2 Å². The summed E-state index contributed by atoms with van der Waals surface area (Å²) < 4.78 is 16.7. The first kappa shape index (κ1) is 54.4. The highest BCUT2D eigenvalue weighted by Gasteiger charge is 2.19. The summed E-state index contributed by atoms with van der Waals surface area (Å²) in [5.74, 6) is -0.859. The van der Waals surface area contributed by atoms with Gasteiger partial charge in [-0.05, 0) is 19.3 Å². The van der Waals surface area contributed by atoms with Crippen LogP contribution in [0.3, 0.4) is 0 Å². The molecule has 0 heterocycles. The topological polar surface area (TPSA) is 78.9 Å². The Balaban J connectivity index is 4.10. The first-order valence-corrected chi connectivity index (χ1v) is 25.0. The number of hydrogen-bond acceptors (Lipinski definition) is 6. The molecule has 0 rings (SSSR count). The van der Waals surface area contributed by atoms with Gasteiger partial charge < -0.3 is 14.2 Å². The number of rotatable bonds is 46. The lowest BCUT2D eigenvalue weighted by molar-refractivity contribution is -0.167. The molecular weight excluding hydrogens is 697 g/mol. The third-order valence-electron chi connectivity index (χ3n) is 11.4. The Morgan fingerprint density at radius 3 is 0.714 bits per heavy atom. The fourth-order valence-electron chi connectivity index (χ4n) is 7.56. The summed E-state index contributed by atoms with van der Waals surface area (Å²) in [7, 11) is 0. The zero-order chi connectivity index (χ0) is 40.8. The van der Waals surface area contributed by atoms with Gasteiger partial charge in [-0.25, -0.2) is 0 Å². The van der Waals surface area contributed by atoms with Gasteiger partial charge in [0.05, 0.1) is 0 Å². The van der Waals surface area contributed by atoms with E-state index in [9.17, 15) is 14.4 Å². The van der Waals surface area contributed by atoms with E-state index in [1.165, 1.54) is 180 Å². The first-order valence-electron chi connectivity index (χ1n) is 25.0. The highest BCUT2D eigenvalue weighted by Crippen LogP contribution is 2.17. The maximum Gasteiger partial charge on any atom is 0.306 e. The van der Waals surface area contributed by atoms with Gasteiger partial charge in [0.15, 0.2) is 6.10 Å². The van der Waals surface area contributed by atoms with E-state index in [-0.39, 0.29) is 31.1 Å². The minimum absolute atomic E-state index is 0.0632. The fourth-order valence-corrected chi connectivity index (χ4v) is 7.56. The number of unbranched alkanes of at least 4 members (excludes halogenated alkanes) is 35. The van der Waals surface area contributed by atoms with Crippen LogP contribution in [0.5, 0.6) is 0 Å². The Labute approximate surface area is 348 Å². The van der Waals surface area contributed by atoms with E-state index in [0.29, 0.717) is 19.3 Å². The summed E-state index contributed by atoms with van der Waals surface area (Å²) >= 11 is 0. The molecule has 6 nitrogen and oxygen atoms in total. The lowest BCUT2D eigenvalue weighted by Crippen LogP contribution is -2.30. The highest BCUT2D eigenvalue weighted by atomic mass is 16.6. The van der Waals surface area contributed by atoms with Crippen molar-refractivity contribution in [1.29, 1.82) is 0 Å². The fraction of sp³-hybridized carbons (Fsp3) is 0.940. The normalized spacial score (nSPS) is 11.8. The summed E-state index contributed by atoms with van der Waals surface area (Å²) in [6.45, 7) is 6.60. The molecule has 0 aliphatic heterocycles. The van der Waals surface area contributed by atoms with E-state index in [1.807, 2.05) is 0 Å². The summed E-state index contributed by atoms with van der Waals surface area (Å²) in [5.41, 5.74) is 0. The molecule has 0 aliphatic carbocycles. The van der Waals surface area contributed by atoms with Gasteiger partial charge in [-0.2, -0.15) is 0 Å². The van der Waals surface area contributed by atoms with Gasteiger partial charge in [0.1, 0.15) is 13.2 Å². The molecule has 1 atom stereocenters. The molecular formula is C50H96O6. The van der Waals surface area contributed by atoms with E-state index in [2.05, 4.69) is 20.8 Å². The van der Waals surface area contributed by atoms with Crippen molar-refractivity contribution in [3.63, 3.8) is 0 Å². The average Bonchev–Trinajstić information content (AvgIpc) is 3.19. The van der Waals surface area contributed by atoms with Crippen LogP contribution in [0.2, 0.25) is 0 Å². The van der Waals surface area contributed by atoms with Crippen LogP contribution in [0.15, 0.2) is 0 Å². The van der Waals surface area contributed by atoms with Gasteiger partial charge in [-0.3, -0.25) is 14.4 Å². The van der Waals surface area contributed by atoms with Crippen LogP contribution in [0.4, 0.5) is 0 Å². The van der Waals surface area contributed by atoms with Gasteiger partial charge in [-0.1, -0.05) is 245 Å². The molecule has 0 aromatic rings. The summed E-state index contributed by atoms with van der Waals surface area (Å²) in [6, 6.07) is 0. The van der Waals surface area contributed by atoms with Crippen LogP contribution in [0.1, 0.15) is 284 Å². The average molecular weight is 793 g/mol. The third kappa shape index (κ3) is 43.5. The molecule has 0 aliphatic rings. The molecule has 0 bridgehead atoms. The zero-order valence-corrected chi connectivity index (χ0v) is 37.9. The number of carbonyl (C=O) groups is 3. The SMILES string of the molecule is CCCCCCCCCCCCCCCCCCCCC(=O)OC[C@@H](COC(=O)CCCCCCC)OC(=O)CCCCCCCCCCCCCCCCC. The van der Waals surface area contributed by atoms with Crippen LogP contribution in [0.25, 0.3) is 0 Å². The Morgan fingerprint density at radius 1 is 0.286 bits per heavy atom.